The Labute approximate surface area is 141 Å². The first-order valence-electron chi connectivity index (χ1n) is 6.52. The van der Waals surface area contributed by atoms with Gasteiger partial charge in [-0.1, -0.05) is 18.2 Å². The number of nitrogens with zero attached hydrogens (tertiary/aromatic N) is 2. The van der Waals surface area contributed by atoms with E-state index in [-0.39, 0.29) is 17.7 Å². The van der Waals surface area contributed by atoms with E-state index in [0.717, 1.165) is 0 Å². The lowest BCUT2D eigenvalue weighted by atomic mass is 10.0. The van der Waals surface area contributed by atoms with Crippen LogP contribution in [0.4, 0.5) is 5.69 Å². The van der Waals surface area contributed by atoms with Crippen LogP contribution in [0.1, 0.15) is 0 Å². The van der Waals surface area contributed by atoms with Crippen LogP contribution in [0.3, 0.4) is 0 Å². The van der Waals surface area contributed by atoms with E-state index in [1.807, 2.05) is 0 Å². The number of nitrogens with two attached hydrogens (primary N) is 3. The molecule has 120 valence electrons. The number of ether oxygens (including phenoxy) is 1. The highest BCUT2D eigenvalue weighted by Crippen LogP contribution is 2.45. The topological polar surface area (TPSA) is 132 Å². The van der Waals surface area contributed by atoms with Gasteiger partial charge in [-0.3, -0.25) is 0 Å². The van der Waals surface area contributed by atoms with Gasteiger partial charge in [0.2, 0.25) is 5.96 Å². The van der Waals surface area contributed by atoms with E-state index in [1.54, 1.807) is 36.4 Å². The molecule has 0 aliphatic carbocycles. The van der Waals surface area contributed by atoms with Gasteiger partial charge in [0.1, 0.15) is 11.5 Å². The average molecular weight is 378 g/mol. The van der Waals surface area contributed by atoms with E-state index in [1.165, 1.54) is 7.11 Å². The molecular formula is C15H16BrN5O2. The maximum atomic E-state index is 10.2. The summed E-state index contributed by atoms with van der Waals surface area (Å²) in [6, 6.07) is 10.3. The number of aromatic hydroxyl groups is 1. The van der Waals surface area contributed by atoms with E-state index in [2.05, 4.69) is 25.9 Å². The van der Waals surface area contributed by atoms with Crippen molar-refractivity contribution in [1.82, 2.24) is 0 Å². The van der Waals surface area contributed by atoms with Gasteiger partial charge in [0.15, 0.2) is 5.96 Å². The van der Waals surface area contributed by atoms with Gasteiger partial charge in [-0.2, -0.15) is 4.99 Å². The number of hydrogen-bond acceptors (Lipinski definition) is 3. The zero-order valence-electron chi connectivity index (χ0n) is 12.3. The first kappa shape index (κ1) is 16.6. The van der Waals surface area contributed by atoms with Gasteiger partial charge in [0.25, 0.3) is 0 Å². The smallest absolute Gasteiger partial charge is 0.223 e. The van der Waals surface area contributed by atoms with E-state index in [0.29, 0.717) is 27.0 Å². The lowest BCUT2D eigenvalue weighted by Gasteiger charge is -2.14. The second kappa shape index (κ2) is 7.01. The molecule has 0 aliphatic heterocycles. The normalized spacial score (nSPS) is 11.1. The van der Waals surface area contributed by atoms with Crippen LogP contribution in [0.5, 0.6) is 11.5 Å². The first-order valence-corrected chi connectivity index (χ1v) is 7.32. The van der Waals surface area contributed by atoms with Crippen LogP contribution in [0.2, 0.25) is 0 Å². The Bertz CT molecular complexity index is 785. The zero-order valence-corrected chi connectivity index (χ0v) is 13.9. The second-order valence-electron chi connectivity index (χ2n) is 4.50. The Morgan fingerprint density at radius 3 is 2.43 bits per heavy atom. The van der Waals surface area contributed by atoms with Crippen molar-refractivity contribution in [1.29, 1.82) is 0 Å². The molecule has 23 heavy (non-hydrogen) atoms. The Morgan fingerprint density at radius 1 is 1.13 bits per heavy atom. The van der Waals surface area contributed by atoms with E-state index < -0.39 is 0 Å². The quantitative estimate of drug-likeness (QED) is 0.479. The molecule has 2 rings (SSSR count). The fourth-order valence-electron chi connectivity index (χ4n) is 2.04. The molecule has 7 nitrogen and oxygen atoms in total. The molecule has 7 N–H and O–H groups in total. The van der Waals surface area contributed by atoms with E-state index in [4.69, 9.17) is 21.9 Å². The van der Waals surface area contributed by atoms with Gasteiger partial charge in [0, 0.05) is 10.0 Å². The number of phenolic OH excluding ortho intramolecular Hbond substituents is 1. The molecule has 0 spiro atoms. The lowest BCUT2D eigenvalue weighted by Crippen LogP contribution is -2.26. The van der Waals surface area contributed by atoms with Crippen LogP contribution in [-0.2, 0) is 0 Å². The van der Waals surface area contributed by atoms with Crippen LogP contribution in [0.25, 0.3) is 11.1 Å². The van der Waals surface area contributed by atoms with Gasteiger partial charge >= 0.3 is 0 Å². The number of guanidine groups is 2. The molecule has 0 fully saturated rings. The molecule has 0 heterocycles. The van der Waals surface area contributed by atoms with Crippen LogP contribution >= 0.6 is 15.9 Å². The summed E-state index contributed by atoms with van der Waals surface area (Å²) in [5.74, 6) is 0.289. The van der Waals surface area contributed by atoms with Gasteiger partial charge in [0.05, 0.1) is 18.4 Å². The minimum atomic E-state index is -0.200. The SMILES string of the molecule is COc1ccc(Br)c(N=C(N)N=C(N)N)c1-c1ccccc1O. The summed E-state index contributed by atoms with van der Waals surface area (Å²) in [5.41, 5.74) is 17.9. The molecule has 0 saturated heterocycles. The third-order valence-corrected chi connectivity index (χ3v) is 3.59. The molecule has 0 bridgehead atoms. The Hall–Kier alpha value is -2.74. The number of benzene rings is 2. The molecular weight excluding hydrogens is 362 g/mol. The van der Waals surface area contributed by atoms with Gasteiger partial charge in [-0.05, 0) is 34.1 Å². The van der Waals surface area contributed by atoms with E-state index >= 15 is 0 Å². The predicted octanol–water partition coefficient (Wildman–Crippen LogP) is 2.05. The fourth-order valence-corrected chi connectivity index (χ4v) is 2.46. The summed E-state index contributed by atoms with van der Waals surface area (Å²) in [6.07, 6.45) is 0. The summed E-state index contributed by atoms with van der Waals surface area (Å²) < 4.78 is 6.03. The monoisotopic (exact) mass is 377 g/mol. The number of methoxy groups -OCH3 is 1. The number of hydrogen-bond donors (Lipinski definition) is 4. The summed E-state index contributed by atoms with van der Waals surface area (Å²) in [4.78, 5) is 7.94. The van der Waals surface area contributed by atoms with Crippen molar-refractivity contribution in [2.75, 3.05) is 7.11 Å². The van der Waals surface area contributed by atoms with Crippen LogP contribution < -0.4 is 21.9 Å². The third-order valence-electron chi connectivity index (χ3n) is 2.95. The van der Waals surface area contributed by atoms with Crippen molar-refractivity contribution in [3.63, 3.8) is 0 Å². The van der Waals surface area contributed by atoms with Crippen molar-refractivity contribution < 1.29 is 9.84 Å². The maximum Gasteiger partial charge on any atom is 0.223 e. The lowest BCUT2D eigenvalue weighted by molar-refractivity contribution is 0.416. The van der Waals surface area contributed by atoms with Gasteiger partial charge in [-0.15, -0.1) is 0 Å². The molecule has 0 atom stereocenters. The Kier molecular flexibility index (Phi) is 5.07. The van der Waals surface area contributed by atoms with Crippen LogP contribution in [0.15, 0.2) is 50.9 Å². The number of halogens is 1. The number of rotatable bonds is 3. The Balaban J connectivity index is 2.76. The molecule has 0 radical (unpaired) electrons. The van der Waals surface area contributed by atoms with E-state index in [9.17, 15) is 5.11 Å². The predicted molar refractivity (Wildman–Crippen MR) is 94.9 cm³/mol. The fraction of sp³-hybridized carbons (Fsp3) is 0.0667. The number of para-hydroxylation sites is 1. The standard InChI is InChI=1S/C15H16BrN5O2/c1-23-11-7-6-9(16)13(20-15(19)21-14(17)18)12(11)8-4-2-3-5-10(8)22/h2-7,22H,1H3,(H6,17,18,19,20,21). The number of aliphatic imine (C=N–C) groups is 2. The summed E-state index contributed by atoms with van der Waals surface area (Å²) in [7, 11) is 1.53. The molecule has 8 heteroatoms. The molecule has 2 aromatic carbocycles. The summed E-state index contributed by atoms with van der Waals surface area (Å²) in [5, 5.41) is 10.2. The molecule has 0 amide bonds. The van der Waals surface area contributed by atoms with Crippen molar-refractivity contribution >= 4 is 33.5 Å². The largest absolute Gasteiger partial charge is 0.507 e. The molecule has 0 aromatic heterocycles. The van der Waals surface area contributed by atoms with Crippen molar-refractivity contribution in [2.24, 2.45) is 27.2 Å². The highest BCUT2D eigenvalue weighted by Gasteiger charge is 2.17. The number of phenols is 1. The molecule has 2 aromatic rings. The van der Waals surface area contributed by atoms with Crippen LogP contribution in [0, 0.1) is 0 Å². The van der Waals surface area contributed by atoms with Crippen LogP contribution in [-0.4, -0.2) is 24.1 Å². The van der Waals surface area contributed by atoms with Gasteiger partial charge < -0.3 is 27.0 Å². The second-order valence-corrected chi connectivity index (χ2v) is 5.35. The molecule has 0 aliphatic rings. The molecule has 0 saturated carbocycles. The first-order chi connectivity index (χ1) is 10.9. The highest BCUT2D eigenvalue weighted by atomic mass is 79.9. The summed E-state index contributed by atoms with van der Waals surface area (Å²) >= 11 is 3.42. The minimum Gasteiger partial charge on any atom is -0.507 e. The van der Waals surface area contributed by atoms with Crippen molar-refractivity contribution in [3.8, 4) is 22.6 Å². The van der Waals surface area contributed by atoms with Crippen molar-refractivity contribution in [3.05, 3.63) is 40.9 Å². The third kappa shape index (κ3) is 3.72. The highest BCUT2D eigenvalue weighted by molar-refractivity contribution is 9.10. The molecule has 0 unspecified atom stereocenters. The average Bonchev–Trinajstić information content (AvgIpc) is 2.49. The maximum absolute atomic E-state index is 10.2. The minimum absolute atomic E-state index is 0.0840. The summed E-state index contributed by atoms with van der Waals surface area (Å²) in [6.45, 7) is 0. The van der Waals surface area contributed by atoms with Gasteiger partial charge in [-0.25, -0.2) is 4.99 Å². The zero-order chi connectivity index (χ0) is 17.0. The Morgan fingerprint density at radius 2 is 1.83 bits per heavy atom. The van der Waals surface area contributed by atoms with Crippen molar-refractivity contribution in [2.45, 2.75) is 0 Å².